The van der Waals surface area contributed by atoms with Crippen molar-refractivity contribution in [3.8, 4) is 0 Å². The van der Waals surface area contributed by atoms with Crippen LogP contribution in [0.2, 0.25) is 0 Å². The maximum atomic E-state index is 9.32. The Morgan fingerprint density at radius 3 is 3.07 bits per heavy atom. The van der Waals surface area contributed by atoms with Gasteiger partial charge in [-0.15, -0.1) is 0 Å². The first kappa shape index (κ1) is 10.6. The van der Waals surface area contributed by atoms with Crippen LogP contribution in [0, 0.1) is 12.8 Å². The van der Waals surface area contributed by atoms with Crippen molar-refractivity contribution < 1.29 is 9.52 Å². The van der Waals surface area contributed by atoms with Crippen molar-refractivity contribution in [2.45, 2.75) is 32.9 Å². The van der Waals surface area contributed by atoms with Crippen molar-refractivity contribution in [2.24, 2.45) is 5.92 Å². The van der Waals surface area contributed by atoms with Crippen LogP contribution in [0.1, 0.15) is 24.8 Å². The zero-order chi connectivity index (χ0) is 10.8. The molecule has 1 aliphatic heterocycles. The molecule has 1 aliphatic rings. The summed E-state index contributed by atoms with van der Waals surface area (Å²) in [5, 5.41) is 9.32. The Kier molecular flexibility index (Phi) is 3.07. The highest BCUT2D eigenvalue weighted by atomic mass is 16.3. The molecule has 0 aliphatic carbocycles. The van der Waals surface area contributed by atoms with Crippen molar-refractivity contribution in [1.29, 1.82) is 0 Å². The summed E-state index contributed by atoms with van der Waals surface area (Å²) in [5.41, 5.74) is 0.988. The predicted molar refractivity (Wildman–Crippen MR) is 56.3 cm³/mol. The summed E-state index contributed by atoms with van der Waals surface area (Å²) in [4.78, 5) is 6.47. The van der Waals surface area contributed by atoms with Crippen molar-refractivity contribution in [1.82, 2.24) is 9.88 Å². The minimum absolute atomic E-state index is 0.234. The maximum absolute atomic E-state index is 9.32. The van der Waals surface area contributed by atoms with E-state index in [1.54, 1.807) is 0 Å². The fraction of sp³-hybridized carbons (Fsp3) is 0.727. The third-order valence-corrected chi connectivity index (χ3v) is 3.38. The van der Waals surface area contributed by atoms with Gasteiger partial charge in [0.05, 0.1) is 12.3 Å². The summed E-state index contributed by atoms with van der Waals surface area (Å²) in [7, 11) is 0. The molecule has 1 aromatic heterocycles. The van der Waals surface area contributed by atoms with Crippen LogP contribution in [0.15, 0.2) is 10.8 Å². The topological polar surface area (TPSA) is 49.5 Å². The monoisotopic (exact) mass is 210 g/mol. The number of aromatic nitrogens is 1. The van der Waals surface area contributed by atoms with Gasteiger partial charge in [0.15, 0.2) is 6.39 Å². The van der Waals surface area contributed by atoms with Crippen LogP contribution < -0.4 is 0 Å². The van der Waals surface area contributed by atoms with Crippen molar-refractivity contribution in [3.63, 3.8) is 0 Å². The van der Waals surface area contributed by atoms with Gasteiger partial charge in [0, 0.05) is 12.6 Å². The standard InChI is InChI=1S/C11H18N2O2/c1-8-3-4-13(11(8)6-14)5-10-9(2)15-7-12-10/h7-8,11,14H,3-6H2,1-2H3. The highest BCUT2D eigenvalue weighted by Gasteiger charge is 2.30. The second-order valence-electron chi connectivity index (χ2n) is 4.34. The Labute approximate surface area is 89.9 Å². The lowest BCUT2D eigenvalue weighted by Gasteiger charge is -2.24. The molecular weight excluding hydrogens is 192 g/mol. The van der Waals surface area contributed by atoms with E-state index in [2.05, 4.69) is 16.8 Å². The number of oxazole rings is 1. The SMILES string of the molecule is Cc1ocnc1CN1CCC(C)C1CO. The molecule has 4 heteroatoms. The molecule has 84 valence electrons. The molecule has 1 aromatic rings. The molecule has 1 N–H and O–H groups in total. The average Bonchev–Trinajstić information content (AvgIpc) is 2.76. The highest BCUT2D eigenvalue weighted by Crippen LogP contribution is 2.25. The van der Waals surface area contributed by atoms with Crippen LogP contribution in [0.25, 0.3) is 0 Å². The largest absolute Gasteiger partial charge is 0.448 e. The van der Waals surface area contributed by atoms with E-state index >= 15 is 0 Å². The lowest BCUT2D eigenvalue weighted by atomic mass is 10.0. The number of hydrogen-bond acceptors (Lipinski definition) is 4. The molecule has 2 atom stereocenters. The van der Waals surface area contributed by atoms with E-state index in [0.717, 1.165) is 31.0 Å². The number of aryl methyl sites for hydroxylation is 1. The molecule has 1 saturated heterocycles. The first-order chi connectivity index (χ1) is 7.22. The highest BCUT2D eigenvalue weighted by molar-refractivity contribution is 5.05. The van der Waals surface area contributed by atoms with Crippen LogP contribution >= 0.6 is 0 Å². The van der Waals surface area contributed by atoms with Gasteiger partial charge >= 0.3 is 0 Å². The Morgan fingerprint density at radius 2 is 2.47 bits per heavy atom. The number of rotatable bonds is 3. The van der Waals surface area contributed by atoms with Crippen LogP contribution in [0.5, 0.6) is 0 Å². The molecule has 0 amide bonds. The van der Waals surface area contributed by atoms with Crippen LogP contribution in [0.3, 0.4) is 0 Å². The lowest BCUT2D eigenvalue weighted by Crippen LogP contribution is -2.34. The van der Waals surface area contributed by atoms with Gasteiger partial charge in [0.2, 0.25) is 0 Å². The Balaban J connectivity index is 2.03. The van der Waals surface area contributed by atoms with E-state index in [1.807, 2.05) is 6.92 Å². The summed E-state index contributed by atoms with van der Waals surface area (Å²) in [5.74, 6) is 1.45. The van der Waals surface area contributed by atoms with Gasteiger partial charge in [-0.3, -0.25) is 4.90 Å². The second kappa shape index (κ2) is 4.33. The summed E-state index contributed by atoms with van der Waals surface area (Å²) in [6.45, 7) is 6.18. The summed E-state index contributed by atoms with van der Waals surface area (Å²) >= 11 is 0. The van der Waals surface area contributed by atoms with Crippen LogP contribution in [-0.2, 0) is 6.54 Å². The Bertz CT molecular complexity index is 324. The fourth-order valence-electron chi connectivity index (χ4n) is 2.25. The molecule has 0 saturated carbocycles. The smallest absolute Gasteiger partial charge is 0.181 e. The molecule has 4 nitrogen and oxygen atoms in total. The molecule has 0 spiro atoms. The Hall–Kier alpha value is -0.870. The van der Waals surface area contributed by atoms with Gasteiger partial charge in [-0.2, -0.15) is 0 Å². The maximum Gasteiger partial charge on any atom is 0.181 e. The van der Waals surface area contributed by atoms with Gasteiger partial charge in [-0.1, -0.05) is 6.92 Å². The minimum atomic E-state index is 0.234. The van der Waals surface area contributed by atoms with E-state index in [-0.39, 0.29) is 12.6 Å². The Morgan fingerprint density at radius 1 is 1.67 bits per heavy atom. The number of hydrogen-bond donors (Lipinski definition) is 1. The summed E-state index contributed by atoms with van der Waals surface area (Å²) in [6.07, 6.45) is 2.64. The number of aliphatic hydroxyl groups is 1. The predicted octanol–water partition coefficient (Wildman–Crippen LogP) is 1.19. The molecule has 2 rings (SSSR count). The van der Waals surface area contributed by atoms with Gasteiger partial charge in [-0.25, -0.2) is 4.98 Å². The fourth-order valence-corrected chi connectivity index (χ4v) is 2.25. The molecular formula is C11H18N2O2. The third kappa shape index (κ3) is 2.06. The van der Waals surface area contributed by atoms with E-state index in [1.165, 1.54) is 6.39 Å². The van der Waals surface area contributed by atoms with Gasteiger partial charge in [-0.05, 0) is 25.8 Å². The summed E-state index contributed by atoms with van der Waals surface area (Å²) in [6, 6.07) is 0.279. The van der Waals surface area contributed by atoms with E-state index in [4.69, 9.17) is 4.42 Å². The van der Waals surface area contributed by atoms with Crippen molar-refractivity contribution in [2.75, 3.05) is 13.2 Å². The molecule has 15 heavy (non-hydrogen) atoms. The lowest BCUT2D eigenvalue weighted by molar-refractivity contribution is 0.133. The molecule has 0 aromatic carbocycles. The zero-order valence-corrected chi connectivity index (χ0v) is 9.31. The quantitative estimate of drug-likeness (QED) is 0.814. The minimum Gasteiger partial charge on any atom is -0.448 e. The van der Waals surface area contributed by atoms with Crippen LogP contribution in [-0.4, -0.2) is 34.2 Å². The first-order valence-corrected chi connectivity index (χ1v) is 5.46. The van der Waals surface area contributed by atoms with Crippen molar-refractivity contribution in [3.05, 3.63) is 17.8 Å². The molecule has 0 bridgehead atoms. The average molecular weight is 210 g/mol. The van der Waals surface area contributed by atoms with Gasteiger partial charge < -0.3 is 9.52 Å². The van der Waals surface area contributed by atoms with Crippen molar-refractivity contribution >= 4 is 0 Å². The molecule has 2 unspecified atom stereocenters. The van der Waals surface area contributed by atoms with E-state index in [9.17, 15) is 5.11 Å². The molecule has 2 heterocycles. The molecule has 0 radical (unpaired) electrons. The third-order valence-electron chi connectivity index (χ3n) is 3.38. The van der Waals surface area contributed by atoms with Crippen LogP contribution in [0.4, 0.5) is 0 Å². The number of likely N-dealkylation sites (tertiary alicyclic amines) is 1. The first-order valence-electron chi connectivity index (χ1n) is 5.46. The zero-order valence-electron chi connectivity index (χ0n) is 9.31. The number of aliphatic hydroxyl groups excluding tert-OH is 1. The van der Waals surface area contributed by atoms with Gasteiger partial charge in [0.1, 0.15) is 5.76 Å². The summed E-state index contributed by atoms with van der Waals surface area (Å²) < 4.78 is 5.17. The van der Waals surface area contributed by atoms with E-state index in [0.29, 0.717) is 5.92 Å². The normalized spacial score (nSPS) is 27.4. The van der Waals surface area contributed by atoms with Gasteiger partial charge in [0.25, 0.3) is 0 Å². The molecule has 1 fully saturated rings. The second-order valence-corrected chi connectivity index (χ2v) is 4.34. The number of nitrogens with zero attached hydrogens (tertiary/aromatic N) is 2. The van der Waals surface area contributed by atoms with E-state index < -0.39 is 0 Å².